The lowest BCUT2D eigenvalue weighted by Gasteiger charge is -2.30. The second-order valence-electron chi connectivity index (χ2n) is 4.24. The second-order valence-corrected chi connectivity index (χ2v) is 6.34. The highest BCUT2D eigenvalue weighted by molar-refractivity contribution is 7.53. The Labute approximate surface area is 97.9 Å². The molecule has 0 aromatic rings. The Balaban J connectivity index is 2.55. The molecule has 0 spiro atoms. The molecule has 0 aromatic carbocycles. The van der Waals surface area contributed by atoms with Crippen LogP contribution < -0.4 is 0 Å². The fraction of sp³-hybridized carbons (Fsp3) is 1.00. The molecule has 1 rings (SSSR count). The summed E-state index contributed by atoms with van der Waals surface area (Å²) in [6.07, 6.45) is 3.90. The summed E-state index contributed by atoms with van der Waals surface area (Å²) in [6, 6.07) is 0. The first-order chi connectivity index (χ1) is 7.61. The smallest absolute Gasteiger partial charge is 0.331 e. The van der Waals surface area contributed by atoms with Crippen LogP contribution in [0.1, 0.15) is 39.5 Å². The maximum Gasteiger partial charge on any atom is 0.331 e. The van der Waals surface area contributed by atoms with Gasteiger partial charge in [0.1, 0.15) is 0 Å². The summed E-state index contributed by atoms with van der Waals surface area (Å²) in [7, 11) is -2.99. The molecule has 2 atom stereocenters. The molecule has 0 saturated heterocycles. The Bertz CT molecular complexity index is 234. The molecular weight excluding hydrogens is 227 g/mol. The highest BCUT2D eigenvalue weighted by Crippen LogP contribution is 2.51. The third-order valence-corrected chi connectivity index (χ3v) is 5.20. The standard InChI is InChI=1S/C11H23O4P/c1-3-14-16(13,15-4-2)9-10-7-5-6-8-11(10)12/h10-12H,3-9H2,1-2H3/t10-,11-/m0/s1. The van der Waals surface area contributed by atoms with E-state index >= 15 is 0 Å². The zero-order valence-corrected chi connectivity index (χ0v) is 11.1. The summed E-state index contributed by atoms with van der Waals surface area (Å²) in [5.41, 5.74) is 0. The molecule has 0 aliphatic heterocycles. The summed E-state index contributed by atoms with van der Waals surface area (Å²) in [6.45, 7) is 4.39. The van der Waals surface area contributed by atoms with Gasteiger partial charge in [-0.15, -0.1) is 0 Å². The normalized spacial score (nSPS) is 26.9. The van der Waals surface area contributed by atoms with Gasteiger partial charge >= 0.3 is 7.60 Å². The minimum absolute atomic E-state index is 0.0673. The van der Waals surface area contributed by atoms with Crippen molar-refractivity contribution in [2.45, 2.75) is 45.6 Å². The van der Waals surface area contributed by atoms with Gasteiger partial charge in [0, 0.05) is 0 Å². The first-order valence-corrected chi connectivity index (χ1v) is 7.90. The maximum atomic E-state index is 12.3. The quantitative estimate of drug-likeness (QED) is 0.736. The van der Waals surface area contributed by atoms with Crippen LogP contribution in [0.25, 0.3) is 0 Å². The molecule has 0 bridgehead atoms. The average molecular weight is 250 g/mol. The lowest BCUT2D eigenvalue weighted by Crippen LogP contribution is -2.28. The number of aliphatic hydroxyl groups excluding tert-OH is 1. The predicted molar refractivity (Wildman–Crippen MR) is 63.7 cm³/mol. The van der Waals surface area contributed by atoms with Crippen molar-refractivity contribution < 1.29 is 18.7 Å². The summed E-state index contributed by atoms with van der Waals surface area (Å²) in [5, 5.41) is 9.84. The lowest BCUT2D eigenvalue weighted by atomic mass is 9.88. The van der Waals surface area contributed by atoms with Gasteiger partial charge in [-0.25, -0.2) is 0 Å². The Morgan fingerprint density at radius 2 is 1.75 bits per heavy atom. The summed E-state index contributed by atoms with van der Waals surface area (Å²) in [5.74, 6) is 0.0673. The van der Waals surface area contributed by atoms with Crippen molar-refractivity contribution in [3.8, 4) is 0 Å². The molecule has 1 aliphatic rings. The molecule has 0 unspecified atom stereocenters. The molecule has 0 amide bonds. The van der Waals surface area contributed by atoms with Crippen molar-refractivity contribution in [3.63, 3.8) is 0 Å². The number of hydrogen-bond donors (Lipinski definition) is 1. The topological polar surface area (TPSA) is 55.8 Å². The van der Waals surface area contributed by atoms with E-state index in [-0.39, 0.29) is 12.0 Å². The molecule has 1 aliphatic carbocycles. The van der Waals surface area contributed by atoms with E-state index in [9.17, 15) is 9.67 Å². The SMILES string of the molecule is CCOP(=O)(C[C@@H]1CCCC[C@@H]1O)OCC. The maximum absolute atomic E-state index is 12.3. The third-order valence-electron chi connectivity index (χ3n) is 2.98. The predicted octanol–water partition coefficient (Wildman–Crippen LogP) is 2.80. The van der Waals surface area contributed by atoms with Crippen LogP contribution in [0.3, 0.4) is 0 Å². The van der Waals surface area contributed by atoms with Crippen molar-refractivity contribution in [1.29, 1.82) is 0 Å². The molecule has 0 radical (unpaired) electrons. The number of hydrogen-bond acceptors (Lipinski definition) is 4. The zero-order chi connectivity index (χ0) is 12.0. The summed E-state index contributed by atoms with van der Waals surface area (Å²) >= 11 is 0. The second kappa shape index (κ2) is 6.75. The molecule has 96 valence electrons. The van der Waals surface area contributed by atoms with E-state index < -0.39 is 7.60 Å². The molecule has 0 heterocycles. The monoisotopic (exact) mass is 250 g/mol. The minimum atomic E-state index is -2.99. The van der Waals surface area contributed by atoms with Crippen LogP contribution in [0.2, 0.25) is 0 Å². The minimum Gasteiger partial charge on any atom is -0.393 e. The van der Waals surface area contributed by atoms with Gasteiger partial charge in [0.25, 0.3) is 0 Å². The Hall–Kier alpha value is 0.110. The molecule has 1 fully saturated rings. The van der Waals surface area contributed by atoms with Crippen LogP contribution in [0.5, 0.6) is 0 Å². The zero-order valence-electron chi connectivity index (χ0n) is 10.2. The number of aliphatic hydroxyl groups is 1. The fourth-order valence-corrected chi connectivity index (χ4v) is 4.30. The average Bonchev–Trinajstić information content (AvgIpc) is 2.22. The molecule has 5 heteroatoms. The summed E-state index contributed by atoms with van der Waals surface area (Å²) in [4.78, 5) is 0. The van der Waals surface area contributed by atoms with Crippen molar-refractivity contribution >= 4 is 7.60 Å². The van der Waals surface area contributed by atoms with Crippen LogP contribution in [-0.2, 0) is 13.6 Å². The van der Waals surface area contributed by atoms with Gasteiger partial charge in [-0.1, -0.05) is 12.8 Å². The first-order valence-electron chi connectivity index (χ1n) is 6.17. The van der Waals surface area contributed by atoms with Gasteiger partial charge in [0.2, 0.25) is 0 Å². The Morgan fingerprint density at radius 1 is 1.19 bits per heavy atom. The van der Waals surface area contributed by atoms with Gasteiger partial charge in [0.05, 0.1) is 25.5 Å². The summed E-state index contributed by atoms with van der Waals surface area (Å²) < 4.78 is 22.8. The van der Waals surface area contributed by atoms with Gasteiger partial charge in [0.15, 0.2) is 0 Å². The van der Waals surface area contributed by atoms with Crippen LogP contribution in [0.4, 0.5) is 0 Å². The van der Waals surface area contributed by atoms with Gasteiger partial charge in [-0.3, -0.25) is 4.57 Å². The molecule has 1 N–H and O–H groups in total. The molecular formula is C11H23O4P. The van der Waals surface area contributed by atoms with E-state index in [4.69, 9.17) is 9.05 Å². The first kappa shape index (κ1) is 14.2. The number of rotatable bonds is 6. The van der Waals surface area contributed by atoms with Gasteiger partial charge < -0.3 is 14.2 Å². The van der Waals surface area contributed by atoms with Crippen molar-refractivity contribution in [2.24, 2.45) is 5.92 Å². The molecule has 4 nitrogen and oxygen atoms in total. The van der Waals surface area contributed by atoms with Crippen LogP contribution >= 0.6 is 7.60 Å². The molecule has 1 saturated carbocycles. The fourth-order valence-electron chi connectivity index (χ4n) is 2.22. The van der Waals surface area contributed by atoms with Crippen LogP contribution in [-0.4, -0.2) is 30.6 Å². The molecule has 0 aromatic heterocycles. The molecule has 16 heavy (non-hydrogen) atoms. The Kier molecular flexibility index (Phi) is 5.98. The largest absolute Gasteiger partial charge is 0.393 e. The van der Waals surface area contributed by atoms with E-state index in [0.717, 1.165) is 25.7 Å². The highest BCUT2D eigenvalue weighted by Gasteiger charge is 2.33. The van der Waals surface area contributed by atoms with E-state index in [1.54, 1.807) is 0 Å². The highest BCUT2D eigenvalue weighted by atomic mass is 31.2. The van der Waals surface area contributed by atoms with Gasteiger partial charge in [-0.05, 0) is 32.6 Å². The van der Waals surface area contributed by atoms with Crippen LogP contribution in [0, 0.1) is 5.92 Å². The van der Waals surface area contributed by atoms with E-state index in [1.807, 2.05) is 13.8 Å². The van der Waals surface area contributed by atoms with E-state index in [2.05, 4.69) is 0 Å². The van der Waals surface area contributed by atoms with Gasteiger partial charge in [-0.2, -0.15) is 0 Å². The van der Waals surface area contributed by atoms with E-state index in [0.29, 0.717) is 19.4 Å². The van der Waals surface area contributed by atoms with Crippen molar-refractivity contribution in [3.05, 3.63) is 0 Å². The van der Waals surface area contributed by atoms with Crippen LogP contribution in [0.15, 0.2) is 0 Å². The van der Waals surface area contributed by atoms with E-state index in [1.165, 1.54) is 0 Å². The third kappa shape index (κ3) is 4.17. The van der Waals surface area contributed by atoms with Crippen molar-refractivity contribution in [2.75, 3.05) is 19.4 Å². The Morgan fingerprint density at radius 3 is 2.25 bits per heavy atom. The van der Waals surface area contributed by atoms with Crippen molar-refractivity contribution in [1.82, 2.24) is 0 Å². The lowest BCUT2D eigenvalue weighted by molar-refractivity contribution is 0.0756.